The van der Waals surface area contributed by atoms with Crippen molar-refractivity contribution in [3.63, 3.8) is 0 Å². The van der Waals surface area contributed by atoms with Gasteiger partial charge in [0, 0.05) is 4.47 Å². The molecule has 1 unspecified atom stereocenters. The SMILES string of the molecule is CCCC(CC)Oc1ccc2cc(Br)ccc2c1. The van der Waals surface area contributed by atoms with Crippen LogP contribution in [0.5, 0.6) is 5.75 Å². The molecule has 2 aromatic rings. The Bertz CT molecular complexity index is 521. The molecule has 0 saturated carbocycles. The highest BCUT2D eigenvalue weighted by atomic mass is 79.9. The monoisotopic (exact) mass is 306 g/mol. The van der Waals surface area contributed by atoms with E-state index in [-0.39, 0.29) is 0 Å². The molecule has 0 fully saturated rings. The molecule has 0 aliphatic heterocycles. The van der Waals surface area contributed by atoms with Crippen molar-refractivity contribution in [1.29, 1.82) is 0 Å². The van der Waals surface area contributed by atoms with Crippen LogP contribution in [0, 0.1) is 0 Å². The molecule has 18 heavy (non-hydrogen) atoms. The average molecular weight is 307 g/mol. The molecule has 0 heterocycles. The van der Waals surface area contributed by atoms with Gasteiger partial charge < -0.3 is 4.74 Å². The van der Waals surface area contributed by atoms with Gasteiger partial charge in [-0.05, 0) is 47.9 Å². The Balaban J connectivity index is 2.21. The molecule has 2 aromatic carbocycles. The first-order valence-corrected chi connectivity index (χ1v) is 7.38. The summed E-state index contributed by atoms with van der Waals surface area (Å²) in [5.41, 5.74) is 0. The molecule has 0 aliphatic carbocycles. The van der Waals surface area contributed by atoms with Crippen LogP contribution >= 0.6 is 15.9 Å². The summed E-state index contributed by atoms with van der Waals surface area (Å²) in [6, 6.07) is 12.6. The molecule has 0 aliphatic rings. The van der Waals surface area contributed by atoms with E-state index >= 15 is 0 Å². The standard InChI is InChI=1S/C16H19BrO/c1-3-5-15(4-2)18-16-9-7-12-10-14(17)8-6-13(12)11-16/h6-11,15H,3-5H2,1-2H3. The summed E-state index contributed by atoms with van der Waals surface area (Å²) in [7, 11) is 0. The first-order chi connectivity index (χ1) is 8.72. The molecule has 96 valence electrons. The highest BCUT2D eigenvalue weighted by Gasteiger charge is 2.07. The van der Waals surface area contributed by atoms with Crippen LogP contribution in [0.2, 0.25) is 0 Å². The molecular formula is C16H19BrO. The Labute approximate surface area is 117 Å². The highest BCUT2D eigenvalue weighted by Crippen LogP contribution is 2.25. The van der Waals surface area contributed by atoms with Gasteiger partial charge in [0.25, 0.3) is 0 Å². The van der Waals surface area contributed by atoms with E-state index < -0.39 is 0 Å². The quantitative estimate of drug-likeness (QED) is 0.702. The first kappa shape index (κ1) is 13.4. The number of halogens is 1. The predicted octanol–water partition coefficient (Wildman–Crippen LogP) is 5.56. The summed E-state index contributed by atoms with van der Waals surface area (Å²) in [5, 5.41) is 2.46. The molecule has 0 N–H and O–H groups in total. The van der Waals surface area contributed by atoms with Crippen molar-refractivity contribution < 1.29 is 4.74 Å². The van der Waals surface area contributed by atoms with Crippen molar-refractivity contribution >= 4 is 26.7 Å². The lowest BCUT2D eigenvalue weighted by atomic mass is 10.1. The van der Waals surface area contributed by atoms with Crippen molar-refractivity contribution in [3.05, 3.63) is 40.9 Å². The van der Waals surface area contributed by atoms with Crippen LogP contribution in [0.4, 0.5) is 0 Å². The minimum absolute atomic E-state index is 0.336. The van der Waals surface area contributed by atoms with Gasteiger partial charge in [0.2, 0.25) is 0 Å². The van der Waals surface area contributed by atoms with Crippen LogP contribution < -0.4 is 4.74 Å². The summed E-state index contributed by atoms with van der Waals surface area (Å²) in [6.45, 7) is 4.38. The van der Waals surface area contributed by atoms with E-state index in [0.717, 1.165) is 23.1 Å². The lowest BCUT2D eigenvalue weighted by Crippen LogP contribution is -2.14. The molecule has 0 amide bonds. The van der Waals surface area contributed by atoms with Crippen LogP contribution in [-0.2, 0) is 0 Å². The number of fused-ring (bicyclic) bond motifs is 1. The lowest BCUT2D eigenvalue weighted by Gasteiger charge is -2.17. The molecule has 1 atom stereocenters. The van der Waals surface area contributed by atoms with Gasteiger partial charge >= 0.3 is 0 Å². The zero-order valence-corrected chi connectivity index (χ0v) is 12.5. The van der Waals surface area contributed by atoms with Crippen molar-refractivity contribution in [2.75, 3.05) is 0 Å². The largest absolute Gasteiger partial charge is 0.490 e. The van der Waals surface area contributed by atoms with Crippen molar-refractivity contribution in [2.24, 2.45) is 0 Å². The average Bonchev–Trinajstić information content (AvgIpc) is 2.38. The maximum Gasteiger partial charge on any atom is 0.120 e. The van der Waals surface area contributed by atoms with E-state index in [1.807, 2.05) is 0 Å². The molecule has 1 nitrogen and oxygen atoms in total. The Kier molecular flexibility index (Phi) is 4.65. The second kappa shape index (κ2) is 6.24. The number of hydrogen-bond acceptors (Lipinski definition) is 1. The van der Waals surface area contributed by atoms with Crippen molar-refractivity contribution in [1.82, 2.24) is 0 Å². The zero-order valence-electron chi connectivity index (χ0n) is 10.9. The Morgan fingerprint density at radius 2 is 1.78 bits per heavy atom. The minimum Gasteiger partial charge on any atom is -0.490 e. The Hall–Kier alpha value is -1.02. The second-order valence-corrected chi connectivity index (χ2v) is 5.51. The number of hydrogen-bond donors (Lipinski definition) is 0. The molecule has 0 bridgehead atoms. The van der Waals surface area contributed by atoms with Gasteiger partial charge in [-0.1, -0.05) is 48.3 Å². The van der Waals surface area contributed by atoms with E-state index in [4.69, 9.17) is 4.74 Å². The fourth-order valence-electron chi connectivity index (χ4n) is 2.13. The van der Waals surface area contributed by atoms with Gasteiger partial charge in [-0.25, -0.2) is 0 Å². The van der Waals surface area contributed by atoms with E-state index in [1.165, 1.54) is 17.2 Å². The molecule has 0 aromatic heterocycles. The third-order valence-corrected chi connectivity index (χ3v) is 3.64. The Morgan fingerprint density at radius 3 is 2.50 bits per heavy atom. The van der Waals surface area contributed by atoms with Gasteiger partial charge in [0.15, 0.2) is 0 Å². The van der Waals surface area contributed by atoms with E-state index in [2.05, 4.69) is 66.2 Å². The summed E-state index contributed by atoms with van der Waals surface area (Å²) in [5.74, 6) is 0.977. The predicted molar refractivity (Wildman–Crippen MR) is 81.3 cm³/mol. The normalized spacial score (nSPS) is 12.6. The summed E-state index contributed by atoms with van der Waals surface area (Å²) in [4.78, 5) is 0. The molecule has 2 rings (SSSR count). The minimum atomic E-state index is 0.336. The summed E-state index contributed by atoms with van der Waals surface area (Å²) >= 11 is 3.49. The van der Waals surface area contributed by atoms with Crippen LogP contribution in [0.1, 0.15) is 33.1 Å². The number of benzene rings is 2. The highest BCUT2D eigenvalue weighted by molar-refractivity contribution is 9.10. The van der Waals surface area contributed by atoms with Gasteiger partial charge in [-0.3, -0.25) is 0 Å². The van der Waals surface area contributed by atoms with Crippen LogP contribution in [-0.4, -0.2) is 6.10 Å². The topological polar surface area (TPSA) is 9.23 Å². The second-order valence-electron chi connectivity index (χ2n) is 4.59. The third kappa shape index (κ3) is 3.26. The van der Waals surface area contributed by atoms with E-state index in [9.17, 15) is 0 Å². The summed E-state index contributed by atoms with van der Waals surface area (Å²) < 4.78 is 7.14. The van der Waals surface area contributed by atoms with E-state index in [0.29, 0.717) is 6.10 Å². The maximum absolute atomic E-state index is 6.03. The fourth-order valence-corrected chi connectivity index (χ4v) is 2.51. The van der Waals surface area contributed by atoms with Crippen molar-refractivity contribution in [2.45, 2.75) is 39.2 Å². The van der Waals surface area contributed by atoms with Gasteiger partial charge in [-0.2, -0.15) is 0 Å². The first-order valence-electron chi connectivity index (χ1n) is 6.59. The lowest BCUT2D eigenvalue weighted by molar-refractivity contribution is 0.186. The zero-order chi connectivity index (χ0) is 13.0. The van der Waals surface area contributed by atoms with Gasteiger partial charge in [0.05, 0.1) is 6.10 Å². The fraction of sp³-hybridized carbons (Fsp3) is 0.375. The molecule has 2 heteroatoms. The van der Waals surface area contributed by atoms with Crippen LogP contribution in [0.25, 0.3) is 10.8 Å². The molecule has 0 spiro atoms. The van der Waals surface area contributed by atoms with E-state index in [1.54, 1.807) is 0 Å². The number of ether oxygens (including phenoxy) is 1. The Morgan fingerprint density at radius 1 is 1.06 bits per heavy atom. The molecular weight excluding hydrogens is 288 g/mol. The van der Waals surface area contributed by atoms with Crippen LogP contribution in [0.15, 0.2) is 40.9 Å². The third-order valence-electron chi connectivity index (χ3n) is 3.14. The maximum atomic E-state index is 6.03. The smallest absolute Gasteiger partial charge is 0.120 e. The van der Waals surface area contributed by atoms with Gasteiger partial charge in [0.1, 0.15) is 5.75 Å². The van der Waals surface area contributed by atoms with Crippen molar-refractivity contribution in [3.8, 4) is 5.75 Å². The molecule has 0 saturated heterocycles. The van der Waals surface area contributed by atoms with Crippen LogP contribution in [0.3, 0.4) is 0 Å². The summed E-state index contributed by atoms with van der Waals surface area (Å²) in [6.07, 6.45) is 3.68. The number of rotatable bonds is 5. The molecule has 0 radical (unpaired) electrons. The van der Waals surface area contributed by atoms with Gasteiger partial charge in [-0.15, -0.1) is 0 Å².